The lowest BCUT2D eigenvalue weighted by Gasteiger charge is -2.18. The zero-order chi connectivity index (χ0) is 20.1. The van der Waals surface area contributed by atoms with Crippen molar-refractivity contribution in [2.75, 3.05) is 21.3 Å². The van der Waals surface area contributed by atoms with E-state index in [0.29, 0.717) is 19.4 Å². The van der Waals surface area contributed by atoms with Crippen molar-refractivity contribution in [1.82, 2.24) is 4.90 Å². The van der Waals surface area contributed by atoms with Crippen LogP contribution in [0.5, 0.6) is 11.5 Å². The third kappa shape index (κ3) is 4.14. The average Bonchev–Trinajstić information content (AvgIpc) is 3.09. The second-order valence-corrected chi connectivity index (χ2v) is 6.78. The lowest BCUT2D eigenvalue weighted by Crippen LogP contribution is -2.26. The fraction of sp³-hybridized carbons (Fsp3) is 0.348. The van der Waals surface area contributed by atoms with Crippen LogP contribution in [0.3, 0.4) is 0 Å². The standard InChI is InChI=1S/C23H27NO4/c1-5-20-19(18-8-6-7-9-22(18)28-20)15-24(2)23(25)13-10-16-14-17(26-3)11-12-21(16)27-4/h6-9,11-12,14H,5,10,13,15H2,1-4H3. The van der Waals surface area contributed by atoms with Gasteiger partial charge in [-0.15, -0.1) is 0 Å². The van der Waals surface area contributed by atoms with E-state index in [-0.39, 0.29) is 5.91 Å². The van der Waals surface area contributed by atoms with Crippen LogP contribution in [0.1, 0.15) is 30.2 Å². The van der Waals surface area contributed by atoms with E-state index in [1.165, 1.54) is 0 Å². The third-order valence-electron chi connectivity index (χ3n) is 5.02. The first-order chi connectivity index (χ1) is 13.6. The molecule has 5 nitrogen and oxygen atoms in total. The van der Waals surface area contributed by atoms with Crippen LogP contribution in [0.15, 0.2) is 46.9 Å². The number of carbonyl (C=O) groups excluding carboxylic acids is 1. The molecule has 1 amide bonds. The molecule has 0 radical (unpaired) electrons. The number of furan rings is 1. The summed E-state index contributed by atoms with van der Waals surface area (Å²) >= 11 is 0. The maximum absolute atomic E-state index is 12.8. The van der Waals surface area contributed by atoms with E-state index >= 15 is 0 Å². The van der Waals surface area contributed by atoms with Gasteiger partial charge in [0.2, 0.25) is 5.91 Å². The van der Waals surface area contributed by atoms with Crippen molar-refractivity contribution < 1.29 is 18.7 Å². The minimum atomic E-state index is 0.0807. The Labute approximate surface area is 165 Å². The summed E-state index contributed by atoms with van der Waals surface area (Å²) in [4.78, 5) is 14.5. The Bertz CT molecular complexity index is 960. The molecule has 0 aliphatic rings. The average molecular weight is 381 g/mol. The van der Waals surface area contributed by atoms with Crippen molar-refractivity contribution in [3.63, 3.8) is 0 Å². The molecule has 3 rings (SSSR count). The number of hydrogen-bond donors (Lipinski definition) is 0. The molecule has 1 heterocycles. The Hall–Kier alpha value is -2.95. The number of benzene rings is 2. The number of fused-ring (bicyclic) bond motifs is 1. The Morgan fingerprint density at radius 3 is 2.61 bits per heavy atom. The number of amides is 1. The van der Waals surface area contributed by atoms with Crippen LogP contribution in [0.2, 0.25) is 0 Å². The number of rotatable bonds is 8. The highest BCUT2D eigenvalue weighted by atomic mass is 16.5. The predicted octanol–water partition coefficient (Wildman–Crippen LogP) is 4.60. The summed E-state index contributed by atoms with van der Waals surface area (Å²) < 4.78 is 16.6. The molecule has 0 aliphatic heterocycles. The highest BCUT2D eigenvalue weighted by molar-refractivity contribution is 5.83. The summed E-state index contributed by atoms with van der Waals surface area (Å²) in [5, 5.41) is 1.08. The van der Waals surface area contributed by atoms with E-state index in [0.717, 1.165) is 45.8 Å². The molecule has 0 spiro atoms. The van der Waals surface area contributed by atoms with E-state index in [1.54, 1.807) is 19.1 Å². The van der Waals surface area contributed by atoms with E-state index in [1.807, 2.05) is 49.5 Å². The Morgan fingerprint density at radius 1 is 1.11 bits per heavy atom. The molecule has 0 N–H and O–H groups in total. The highest BCUT2D eigenvalue weighted by Gasteiger charge is 2.17. The largest absolute Gasteiger partial charge is 0.497 e. The van der Waals surface area contributed by atoms with Crippen LogP contribution in [0.4, 0.5) is 0 Å². The molecule has 5 heteroatoms. The van der Waals surface area contributed by atoms with Crippen molar-refractivity contribution in [2.45, 2.75) is 32.7 Å². The summed E-state index contributed by atoms with van der Waals surface area (Å²) in [6.45, 7) is 2.60. The van der Waals surface area contributed by atoms with E-state index < -0.39 is 0 Å². The van der Waals surface area contributed by atoms with Gasteiger partial charge < -0.3 is 18.8 Å². The normalized spacial score (nSPS) is 10.9. The lowest BCUT2D eigenvalue weighted by molar-refractivity contribution is -0.130. The first kappa shape index (κ1) is 19.8. The summed E-state index contributed by atoms with van der Waals surface area (Å²) in [5.41, 5.74) is 2.93. The van der Waals surface area contributed by atoms with Crippen molar-refractivity contribution in [3.8, 4) is 11.5 Å². The zero-order valence-corrected chi connectivity index (χ0v) is 17.0. The molecule has 0 aliphatic carbocycles. The number of aryl methyl sites for hydroxylation is 2. The second kappa shape index (κ2) is 8.83. The van der Waals surface area contributed by atoms with E-state index in [9.17, 15) is 4.79 Å². The number of carbonyl (C=O) groups is 1. The fourth-order valence-corrected chi connectivity index (χ4v) is 3.44. The van der Waals surface area contributed by atoms with Gasteiger partial charge in [0.1, 0.15) is 22.8 Å². The van der Waals surface area contributed by atoms with Crippen LogP contribution in [-0.4, -0.2) is 32.1 Å². The predicted molar refractivity (Wildman–Crippen MR) is 110 cm³/mol. The topological polar surface area (TPSA) is 51.9 Å². The van der Waals surface area contributed by atoms with Crippen LogP contribution < -0.4 is 9.47 Å². The van der Waals surface area contributed by atoms with Gasteiger partial charge in [-0.25, -0.2) is 0 Å². The molecule has 0 fully saturated rings. The monoisotopic (exact) mass is 381 g/mol. The Kier molecular flexibility index (Phi) is 6.24. The molecule has 0 bridgehead atoms. The van der Waals surface area contributed by atoms with Gasteiger partial charge in [0, 0.05) is 37.4 Å². The van der Waals surface area contributed by atoms with E-state index in [2.05, 4.69) is 6.92 Å². The van der Waals surface area contributed by atoms with Gasteiger partial charge in [-0.05, 0) is 36.2 Å². The van der Waals surface area contributed by atoms with Gasteiger partial charge in [-0.3, -0.25) is 4.79 Å². The maximum atomic E-state index is 12.8. The Morgan fingerprint density at radius 2 is 1.89 bits per heavy atom. The molecule has 0 unspecified atom stereocenters. The van der Waals surface area contributed by atoms with Crippen molar-refractivity contribution in [1.29, 1.82) is 0 Å². The minimum absolute atomic E-state index is 0.0807. The molecule has 0 saturated heterocycles. The van der Waals surface area contributed by atoms with Crippen molar-refractivity contribution in [3.05, 3.63) is 59.4 Å². The van der Waals surface area contributed by atoms with Gasteiger partial charge in [-0.1, -0.05) is 25.1 Å². The summed E-state index contributed by atoms with van der Waals surface area (Å²) in [5.74, 6) is 2.55. The number of nitrogens with zero attached hydrogens (tertiary/aromatic N) is 1. The zero-order valence-electron chi connectivity index (χ0n) is 17.0. The SMILES string of the molecule is CCc1oc2ccccc2c1CN(C)C(=O)CCc1cc(OC)ccc1OC. The van der Waals surface area contributed by atoms with Crippen molar-refractivity contribution >= 4 is 16.9 Å². The molecular weight excluding hydrogens is 354 g/mol. The number of ether oxygens (including phenoxy) is 2. The number of methoxy groups -OCH3 is 2. The minimum Gasteiger partial charge on any atom is -0.497 e. The molecular formula is C23H27NO4. The summed E-state index contributed by atoms with van der Waals surface area (Å²) in [6, 6.07) is 13.6. The molecule has 28 heavy (non-hydrogen) atoms. The summed E-state index contributed by atoms with van der Waals surface area (Å²) in [6.07, 6.45) is 1.79. The van der Waals surface area contributed by atoms with Gasteiger partial charge in [0.05, 0.1) is 14.2 Å². The molecule has 0 atom stereocenters. The van der Waals surface area contributed by atoms with Gasteiger partial charge in [-0.2, -0.15) is 0 Å². The quantitative estimate of drug-likeness (QED) is 0.572. The number of hydrogen-bond acceptors (Lipinski definition) is 4. The van der Waals surface area contributed by atoms with Crippen LogP contribution in [-0.2, 0) is 24.2 Å². The van der Waals surface area contributed by atoms with Gasteiger partial charge in [0.15, 0.2) is 0 Å². The van der Waals surface area contributed by atoms with Gasteiger partial charge >= 0.3 is 0 Å². The number of para-hydroxylation sites is 1. The van der Waals surface area contributed by atoms with Gasteiger partial charge in [0.25, 0.3) is 0 Å². The third-order valence-corrected chi connectivity index (χ3v) is 5.02. The first-order valence-corrected chi connectivity index (χ1v) is 9.51. The molecule has 0 saturated carbocycles. The smallest absolute Gasteiger partial charge is 0.222 e. The lowest BCUT2D eigenvalue weighted by atomic mass is 10.1. The van der Waals surface area contributed by atoms with Crippen molar-refractivity contribution in [2.24, 2.45) is 0 Å². The second-order valence-electron chi connectivity index (χ2n) is 6.78. The first-order valence-electron chi connectivity index (χ1n) is 9.51. The Balaban J connectivity index is 1.71. The van der Waals surface area contributed by atoms with Crippen LogP contribution >= 0.6 is 0 Å². The maximum Gasteiger partial charge on any atom is 0.222 e. The fourth-order valence-electron chi connectivity index (χ4n) is 3.44. The molecule has 148 valence electrons. The molecule has 3 aromatic rings. The molecule has 2 aromatic carbocycles. The molecule has 1 aromatic heterocycles. The van der Waals surface area contributed by atoms with Crippen LogP contribution in [0.25, 0.3) is 11.0 Å². The highest BCUT2D eigenvalue weighted by Crippen LogP contribution is 2.28. The van der Waals surface area contributed by atoms with E-state index in [4.69, 9.17) is 13.9 Å². The summed E-state index contributed by atoms with van der Waals surface area (Å²) in [7, 11) is 5.10. The van der Waals surface area contributed by atoms with Crippen LogP contribution in [0, 0.1) is 0 Å².